The number of carbonyl (C=O) groups is 3. The summed E-state index contributed by atoms with van der Waals surface area (Å²) in [5.74, 6) is 1.53. The van der Waals surface area contributed by atoms with Crippen molar-refractivity contribution in [3.8, 4) is 23.6 Å². The van der Waals surface area contributed by atoms with Crippen LogP contribution in [0.2, 0.25) is 0 Å². The second-order valence-corrected chi connectivity index (χ2v) is 13.0. The average molecular weight is 564 g/mol. The molecule has 0 saturated carbocycles. The van der Waals surface area contributed by atoms with Gasteiger partial charge >= 0.3 is 0 Å². The van der Waals surface area contributed by atoms with Gasteiger partial charge in [0.25, 0.3) is 5.91 Å². The monoisotopic (exact) mass is 563 g/mol. The van der Waals surface area contributed by atoms with Crippen LogP contribution in [0, 0.1) is 23.7 Å². The van der Waals surface area contributed by atoms with Gasteiger partial charge in [0.2, 0.25) is 5.91 Å². The maximum Gasteiger partial charge on any atom is 0.251 e. The number of nitrogens with one attached hydrogen (secondary N) is 1. The molecule has 9 nitrogen and oxygen atoms in total. The predicted molar refractivity (Wildman–Crippen MR) is 155 cm³/mol. The number of likely N-dealkylation sites (tertiary alicyclic amines) is 1. The number of piperazine rings is 1. The van der Waals surface area contributed by atoms with E-state index in [-0.39, 0.29) is 42.1 Å². The molecule has 3 aliphatic rings. The Kier molecular flexibility index (Phi) is 8.00. The zero-order chi connectivity index (χ0) is 28.6. The summed E-state index contributed by atoms with van der Waals surface area (Å²) in [6.45, 7) is 10.2. The topological polar surface area (TPSA) is 95.1 Å². The number of fused-ring (bicyclic) bond motifs is 1. The molecule has 2 amide bonds. The van der Waals surface area contributed by atoms with Crippen molar-refractivity contribution in [3.63, 3.8) is 0 Å². The number of benzene rings is 1. The van der Waals surface area contributed by atoms with Gasteiger partial charge in [-0.2, -0.15) is 0 Å². The normalized spacial score (nSPS) is 24.1. The quantitative estimate of drug-likeness (QED) is 0.540. The van der Waals surface area contributed by atoms with Crippen LogP contribution in [-0.4, -0.2) is 96.9 Å². The molecule has 3 saturated heterocycles. The second kappa shape index (κ2) is 11.3. The zero-order valence-electron chi connectivity index (χ0n) is 23.6. The maximum atomic E-state index is 13.8. The lowest BCUT2D eigenvalue weighted by Gasteiger charge is -2.32. The lowest BCUT2D eigenvalue weighted by atomic mass is 9.87. The Morgan fingerprint density at radius 3 is 2.55 bits per heavy atom. The minimum atomic E-state index is -0.803. The highest BCUT2D eigenvalue weighted by molar-refractivity contribution is 7.14. The zero-order valence-corrected chi connectivity index (χ0v) is 24.4. The molecule has 212 valence electrons. The first-order valence-corrected chi connectivity index (χ1v) is 14.6. The lowest BCUT2D eigenvalue weighted by Crippen LogP contribution is -2.53. The molecule has 4 heterocycles. The minimum absolute atomic E-state index is 0.0458. The molecule has 1 aromatic carbocycles. The number of ketones is 1. The van der Waals surface area contributed by atoms with E-state index in [1.54, 1.807) is 23.5 Å². The van der Waals surface area contributed by atoms with Crippen LogP contribution in [0.25, 0.3) is 11.3 Å². The Morgan fingerprint density at radius 2 is 1.90 bits per heavy atom. The molecule has 1 N–H and O–H groups in total. The number of likely N-dealkylation sites (N-methyl/N-ethyl adjacent to an activating group) is 1. The van der Waals surface area contributed by atoms with E-state index in [4.69, 9.17) is 16.1 Å². The molecule has 3 fully saturated rings. The lowest BCUT2D eigenvalue weighted by molar-refractivity contribution is -0.138. The van der Waals surface area contributed by atoms with Crippen LogP contribution in [0.1, 0.15) is 37.6 Å². The van der Waals surface area contributed by atoms with Crippen LogP contribution in [-0.2, 0) is 14.3 Å². The Morgan fingerprint density at radius 1 is 1.20 bits per heavy atom. The molecule has 5 rings (SSSR count). The number of rotatable bonds is 6. The summed E-state index contributed by atoms with van der Waals surface area (Å²) in [5, 5.41) is 6.00. The Labute approximate surface area is 239 Å². The number of anilines is 1. The number of amides is 2. The van der Waals surface area contributed by atoms with Crippen molar-refractivity contribution >= 4 is 34.1 Å². The molecule has 0 aliphatic carbocycles. The SMILES string of the molecule is C#C[C@@H]1CN(C(=O)[C@H](CC(C)(C)C)NC(=O)c2ccc(-c3csc(N4CCN(C)CC4)n3)cc2)[C@@H]2C(=O)CO[C@H]12. The number of Topliss-reactive ketones (excluding diaryl/α,β-unsaturated/α-hetero) is 1. The van der Waals surface area contributed by atoms with Gasteiger partial charge < -0.3 is 24.8 Å². The van der Waals surface area contributed by atoms with E-state index in [9.17, 15) is 14.4 Å². The molecular formula is C30H37N5O4S. The van der Waals surface area contributed by atoms with E-state index in [0.717, 1.165) is 42.6 Å². The van der Waals surface area contributed by atoms with Crippen molar-refractivity contribution in [2.75, 3.05) is 51.3 Å². The van der Waals surface area contributed by atoms with Gasteiger partial charge in [-0.15, -0.1) is 17.8 Å². The van der Waals surface area contributed by atoms with Gasteiger partial charge in [0.05, 0.1) is 11.6 Å². The van der Waals surface area contributed by atoms with Gasteiger partial charge in [-0.25, -0.2) is 4.98 Å². The molecule has 2 aromatic rings. The average Bonchev–Trinajstić information content (AvgIpc) is 3.65. The van der Waals surface area contributed by atoms with Crippen molar-refractivity contribution in [2.45, 2.75) is 45.4 Å². The van der Waals surface area contributed by atoms with Crippen LogP contribution in [0.15, 0.2) is 29.6 Å². The highest BCUT2D eigenvalue weighted by Gasteiger charge is 2.52. The smallest absolute Gasteiger partial charge is 0.251 e. The summed E-state index contributed by atoms with van der Waals surface area (Å²) in [5.41, 5.74) is 2.01. The summed E-state index contributed by atoms with van der Waals surface area (Å²) in [7, 11) is 2.13. The van der Waals surface area contributed by atoms with E-state index >= 15 is 0 Å². The van der Waals surface area contributed by atoms with Gasteiger partial charge in [-0.1, -0.05) is 38.8 Å². The van der Waals surface area contributed by atoms with E-state index in [2.05, 4.69) is 28.1 Å². The first-order chi connectivity index (χ1) is 19.0. The molecule has 4 atom stereocenters. The fourth-order valence-corrected chi connectivity index (χ4v) is 6.50. The van der Waals surface area contributed by atoms with Gasteiger partial charge in [0.15, 0.2) is 10.9 Å². The largest absolute Gasteiger partial charge is 0.366 e. The molecule has 0 unspecified atom stereocenters. The van der Waals surface area contributed by atoms with Crippen molar-refractivity contribution < 1.29 is 19.1 Å². The fourth-order valence-electron chi connectivity index (χ4n) is 5.62. The highest BCUT2D eigenvalue weighted by Crippen LogP contribution is 2.33. The third-order valence-electron chi connectivity index (χ3n) is 7.81. The van der Waals surface area contributed by atoms with Crippen LogP contribution in [0.4, 0.5) is 5.13 Å². The van der Waals surface area contributed by atoms with Crippen molar-refractivity contribution in [3.05, 3.63) is 35.2 Å². The van der Waals surface area contributed by atoms with Gasteiger partial charge in [-0.3, -0.25) is 14.4 Å². The minimum Gasteiger partial charge on any atom is -0.366 e. The highest BCUT2D eigenvalue weighted by atomic mass is 32.1. The van der Waals surface area contributed by atoms with Gasteiger partial charge in [-0.05, 0) is 31.0 Å². The molecule has 1 aromatic heterocycles. The van der Waals surface area contributed by atoms with Crippen LogP contribution in [0.3, 0.4) is 0 Å². The Hall–Kier alpha value is -3.26. The standard InChI is InChI=1S/C30H37N5O4S/c1-6-19-16-35(25-24(36)17-39-26(19)25)28(38)22(15-30(2,3)4)31-27(37)21-9-7-20(8-10-21)23-18-40-29(32-23)34-13-11-33(5)12-14-34/h1,7-10,18-19,22,25-26H,11-17H2,2-5H3,(H,31,37)/t19-,22+,25-,26-/m1/s1. The molecular weight excluding hydrogens is 526 g/mol. The van der Waals surface area contributed by atoms with E-state index in [0.29, 0.717) is 12.0 Å². The number of hydrogen-bond acceptors (Lipinski definition) is 8. The van der Waals surface area contributed by atoms with Crippen LogP contribution >= 0.6 is 11.3 Å². The number of carbonyl (C=O) groups excluding carboxylic acids is 3. The Balaban J connectivity index is 1.29. The molecule has 3 aliphatic heterocycles. The number of thiazole rings is 1. The fraction of sp³-hybridized carbons (Fsp3) is 0.533. The molecule has 0 bridgehead atoms. The first-order valence-electron chi connectivity index (χ1n) is 13.8. The molecule has 40 heavy (non-hydrogen) atoms. The summed E-state index contributed by atoms with van der Waals surface area (Å²) >= 11 is 1.63. The summed E-state index contributed by atoms with van der Waals surface area (Å²) in [4.78, 5) is 50.6. The molecule has 0 spiro atoms. The summed E-state index contributed by atoms with van der Waals surface area (Å²) in [6.07, 6.45) is 5.60. The number of hydrogen-bond donors (Lipinski definition) is 1. The van der Waals surface area contributed by atoms with E-state index in [1.165, 1.54) is 4.90 Å². The number of nitrogens with zero attached hydrogens (tertiary/aromatic N) is 4. The summed E-state index contributed by atoms with van der Waals surface area (Å²) < 4.78 is 5.61. The Bertz CT molecular complexity index is 1300. The third kappa shape index (κ3) is 5.92. The molecule has 10 heteroatoms. The second-order valence-electron chi connectivity index (χ2n) is 12.1. The molecule has 0 radical (unpaired) electrons. The number of terminal acetylenes is 1. The maximum absolute atomic E-state index is 13.8. The van der Waals surface area contributed by atoms with Crippen molar-refractivity contribution in [1.29, 1.82) is 0 Å². The van der Waals surface area contributed by atoms with Crippen LogP contribution in [0.5, 0.6) is 0 Å². The third-order valence-corrected chi connectivity index (χ3v) is 8.71. The first kappa shape index (κ1) is 28.3. The predicted octanol–water partition coefficient (Wildman–Crippen LogP) is 2.52. The number of aromatic nitrogens is 1. The van der Waals surface area contributed by atoms with Crippen LogP contribution < -0.4 is 10.2 Å². The van der Waals surface area contributed by atoms with Crippen molar-refractivity contribution in [2.24, 2.45) is 11.3 Å². The summed E-state index contributed by atoms with van der Waals surface area (Å²) in [6, 6.07) is 5.79. The van der Waals surface area contributed by atoms with Crippen molar-refractivity contribution in [1.82, 2.24) is 20.1 Å². The van der Waals surface area contributed by atoms with Gasteiger partial charge in [0, 0.05) is 49.2 Å². The van der Waals surface area contributed by atoms with E-state index in [1.807, 2.05) is 38.3 Å². The van der Waals surface area contributed by atoms with Gasteiger partial charge in [0.1, 0.15) is 24.8 Å². The van der Waals surface area contributed by atoms with E-state index < -0.39 is 18.2 Å². The number of ether oxygens (including phenoxy) is 1.